The van der Waals surface area contributed by atoms with Crippen LogP contribution < -0.4 is 14.8 Å². The minimum absolute atomic E-state index is 0.579. The number of aromatic nitrogens is 2. The van der Waals surface area contributed by atoms with Crippen LogP contribution in [0.25, 0.3) is 0 Å². The first kappa shape index (κ1) is 14.4. The van der Waals surface area contributed by atoms with Gasteiger partial charge < -0.3 is 19.4 Å². The third-order valence-electron chi connectivity index (χ3n) is 2.99. The topological polar surface area (TPSA) is 48.3 Å². The molecular weight excluding hydrogens is 254 g/mol. The Balaban J connectivity index is 1.88. The van der Waals surface area contributed by atoms with E-state index in [0.29, 0.717) is 6.61 Å². The molecule has 108 valence electrons. The fourth-order valence-corrected chi connectivity index (χ4v) is 1.94. The second kappa shape index (κ2) is 7.55. The maximum absolute atomic E-state index is 5.77. The molecule has 1 heterocycles. The normalized spacial score (nSPS) is 10.5. The van der Waals surface area contributed by atoms with Crippen LogP contribution in [0, 0.1) is 0 Å². The smallest absolute Gasteiger partial charge is 0.161 e. The Morgan fingerprint density at radius 2 is 2.05 bits per heavy atom. The summed E-state index contributed by atoms with van der Waals surface area (Å²) >= 11 is 0. The van der Waals surface area contributed by atoms with Gasteiger partial charge in [0.15, 0.2) is 11.5 Å². The van der Waals surface area contributed by atoms with Crippen molar-refractivity contribution in [2.75, 3.05) is 20.3 Å². The van der Waals surface area contributed by atoms with Crippen LogP contribution in [0.15, 0.2) is 36.7 Å². The van der Waals surface area contributed by atoms with Crippen molar-refractivity contribution in [2.45, 2.75) is 20.0 Å². The largest absolute Gasteiger partial charge is 0.493 e. The van der Waals surface area contributed by atoms with Gasteiger partial charge in [-0.3, -0.25) is 0 Å². The first-order valence-electron chi connectivity index (χ1n) is 6.81. The van der Waals surface area contributed by atoms with E-state index in [2.05, 4.69) is 21.8 Å². The molecule has 2 aromatic rings. The molecule has 0 radical (unpaired) electrons. The molecule has 1 aromatic heterocycles. The summed E-state index contributed by atoms with van der Waals surface area (Å²) in [6.07, 6.45) is 3.79. The second-order valence-electron chi connectivity index (χ2n) is 4.32. The molecule has 20 heavy (non-hydrogen) atoms. The first-order chi connectivity index (χ1) is 9.85. The summed E-state index contributed by atoms with van der Waals surface area (Å²) in [7, 11) is 1.65. The molecule has 0 bridgehead atoms. The van der Waals surface area contributed by atoms with E-state index in [4.69, 9.17) is 9.47 Å². The predicted molar refractivity (Wildman–Crippen MR) is 78.1 cm³/mol. The SMILES string of the molecule is CCNCc1nccn1CCOc1ccccc1OC. The van der Waals surface area contributed by atoms with Crippen molar-refractivity contribution < 1.29 is 9.47 Å². The third kappa shape index (κ3) is 3.74. The molecular formula is C15H21N3O2. The average Bonchev–Trinajstić information content (AvgIpc) is 2.93. The summed E-state index contributed by atoms with van der Waals surface area (Å²) in [6, 6.07) is 7.66. The number of benzene rings is 1. The summed E-state index contributed by atoms with van der Waals surface area (Å²) in [5.41, 5.74) is 0. The van der Waals surface area contributed by atoms with Crippen molar-refractivity contribution in [3.8, 4) is 11.5 Å². The van der Waals surface area contributed by atoms with Gasteiger partial charge in [-0.2, -0.15) is 0 Å². The Bertz CT molecular complexity index is 525. The highest BCUT2D eigenvalue weighted by Crippen LogP contribution is 2.25. The number of hydrogen-bond acceptors (Lipinski definition) is 4. The lowest BCUT2D eigenvalue weighted by atomic mass is 10.3. The monoisotopic (exact) mass is 275 g/mol. The molecule has 0 aliphatic carbocycles. The van der Waals surface area contributed by atoms with Crippen LogP contribution in [0.2, 0.25) is 0 Å². The Labute approximate surface area is 119 Å². The van der Waals surface area contributed by atoms with Crippen LogP contribution in [0.4, 0.5) is 0 Å². The maximum atomic E-state index is 5.77. The zero-order valence-electron chi connectivity index (χ0n) is 12.0. The highest BCUT2D eigenvalue weighted by atomic mass is 16.5. The van der Waals surface area contributed by atoms with Crippen LogP contribution in [0.1, 0.15) is 12.7 Å². The lowest BCUT2D eigenvalue weighted by Gasteiger charge is -2.12. The van der Waals surface area contributed by atoms with E-state index in [0.717, 1.165) is 37.0 Å². The van der Waals surface area contributed by atoms with Gasteiger partial charge in [0.25, 0.3) is 0 Å². The molecule has 0 amide bonds. The van der Waals surface area contributed by atoms with Crippen LogP contribution in [-0.2, 0) is 13.1 Å². The average molecular weight is 275 g/mol. The summed E-state index contributed by atoms with van der Waals surface area (Å²) in [5, 5.41) is 3.27. The van der Waals surface area contributed by atoms with E-state index in [1.54, 1.807) is 7.11 Å². The van der Waals surface area contributed by atoms with E-state index in [9.17, 15) is 0 Å². The van der Waals surface area contributed by atoms with Crippen LogP contribution in [0.5, 0.6) is 11.5 Å². The van der Waals surface area contributed by atoms with E-state index in [1.165, 1.54) is 0 Å². The Morgan fingerprint density at radius 1 is 1.25 bits per heavy atom. The lowest BCUT2D eigenvalue weighted by Crippen LogP contribution is -2.18. The number of nitrogens with one attached hydrogen (secondary N) is 1. The molecule has 1 N–H and O–H groups in total. The van der Waals surface area contributed by atoms with Gasteiger partial charge >= 0.3 is 0 Å². The third-order valence-corrected chi connectivity index (χ3v) is 2.99. The van der Waals surface area contributed by atoms with E-state index in [-0.39, 0.29) is 0 Å². The highest BCUT2D eigenvalue weighted by molar-refractivity contribution is 5.39. The van der Waals surface area contributed by atoms with Gasteiger partial charge in [0.05, 0.1) is 20.2 Å². The summed E-state index contributed by atoms with van der Waals surface area (Å²) < 4.78 is 13.1. The van der Waals surface area contributed by atoms with Crippen molar-refractivity contribution in [3.63, 3.8) is 0 Å². The molecule has 0 fully saturated rings. The van der Waals surface area contributed by atoms with E-state index in [1.807, 2.05) is 36.7 Å². The van der Waals surface area contributed by atoms with Crippen LogP contribution in [-0.4, -0.2) is 29.8 Å². The molecule has 0 saturated heterocycles. The van der Waals surface area contributed by atoms with Crippen molar-refractivity contribution >= 4 is 0 Å². The molecule has 0 aliphatic rings. The Hall–Kier alpha value is -2.01. The molecule has 0 atom stereocenters. The van der Waals surface area contributed by atoms with Crippen molar-refractivity contribution in [2.24, 2.45) is 0 Å². The fourth-order valence-electron chi connectivity index (χ4n) is 1.94. The Morgan fingerprint density at radius 3 is 2.80 bits per heavy atom. The number of imidazole rings is 1. The number of rotatable bonds is 8. The zero-order valence-corrected chi connectivity index (χ0v) is 12.0. The standard InChI is InChI=1S/C15H21N3O2/c1-3-16-12-15-17-8-9-18(15)10-11-20-14-7-5-4-6-13(14)19-2/h4-9,16H,3,10-12H2,1-2H3. The van der Waals surface area contributed by atoms with E-state index >= 15 is 0 Å². The molecule has 5 nitrogen and oxygen atoms in total. The van der Waals surface area contributed by atoms with Crippen molar-refractivity contribution in [1.29, 1.82) is 0 Å². The molecule has 2 rings (SSSR count). The number of ether oxygens (including phenoxy) is 2. The number of nitrogens with zero attached hydrogens (tertiary/aromatic N) is 2. The van der Waals surface area contributed by atoms with Gasteiger partial charge in [0.1, 0.15) is 12.4 Å². The summed E-state index contributed by atoms with van der Waals surface area (Å²) in [4.78, 5) is 4.33. The fraction of sp³-hybridized carbons (Fsp3) is 0.400. The summed E-state index contributed by atoms with van der Waals surface area (Å²) in [5.74, 6) is 2.55. The van der Waals surface area contributed by atoms with Crippen LogP contribution in [0.3, 0.4) is 0 Å². The van der Waals surface area contributed by atoms with Gasteiger partial charge in [-0.1, -0.05) is 19.1 Å². The minimum atomic E-state index is 0.579. The molecule has 0 spiro atoms. The van der Waals surface area contributed by atoms with Gasteiger partial charge in [-0.25, -0.2) is 4.98 Å². The maximum Gasteiger partial charge on any atom is 0.161 e. The van der Waals surface area contributed by atoms with Crippen molar-refractivity contribution in [3.05, 3.63) is 42.5 Å². The highest BCUT2D eigenvalue weighted by Gasteiger charge is 2.04. The van der Waals surface area contributed by atoms with Gasteiger partial charge in [-0.05, 0) is 18.7 Å². The Kier molecular flexibility index (Phi) is 5.43. The van der Waals surface area contributed by atoms with Gasteiger partial charge in [0.2, 0.25) is 0 Å². The second-order valence-corrected chi connectivity index (χ2v) is 4.32. The number of hydrogen-bond donors (Lipinski definition) is 1. The zero-order chi connectivity index (χ0) is 14.2. The lowest BCUT2D eigenvalue weighted by molar-refractivity contribution is 0.278. The van der Waals surface area contributed by atoms with Gasteiger partial charge in [-0.15, -0.1) is 0 Å². The molecule has 1 aromatic carbocycles. The summed E-state index contributed by atoms with van der Waals surface area (Å²) in [6.45, 7) is 5.13. The molecule has 0 unspecified atom stereocenters. The molecule has 5 heteroatoms. The van der Waals surface area contributed by atoms with Gasteiger partial charge in [0, 0.05) is 12.4 Å². The van der Waals surface area contributed by atoms with E-state index < -0.39 is 0 Å². The quantitative estimate of drug-likeness (QED) is 0.801. The minimum Gasteiger partial charge on any atom is -0.493 e. The van der Waals surface area contributed by atoms with Crippen molar-refractivity contribution in [1.82, 2.24) is 14.9 Å². The molecule has 0 aliphatic heterocycles. The predicted octanol–water partition coefficient (Wildman–Crippen LogP) is 2.08. The first-order valence-corrected chi connectivity index (χ1v) is 6.81. The number of methoxy groups -OCH3 is 1. The number of para-hydroxylation sites is 2. The molecule has 0 saturated carbocycles. The van der Waals surface area contributed by atoms with Crippen LogP contribution >= 0.6 is 0 Å².